The van der Waals surface area contributed by atoms with Gasteiger partial charge in [0.25, 0.3) is 0 Å². The van der Waals surface area contributed by atoms with E-state index >= 15 is 0 Å². The second-order valence-corrected chi connectivity index (χ2v) is 5.83. The standard InChI is InChI=1S/C14H21N3S.2ClH/c15-14(16)18-11-13-6-4-5-12(9-13)10-17-7-2-1-3-8-17;;/h4-6,9H,1-3,7-8,10-11H2,(H3,15,16);2*1H. The minimum Gasteiger partial charge on any atom is -0.379 e. The van der Waals surface area contributed by atoms with Gasteiger partial charge < -0.3 is 5.73 Å². The molecule has 0 bridgehead atoms. The van der Waals surface area contributed by atoms with E-state index in [0.29, 0.717) is 0 Å². The molecule has 1 aliphatic heterocycles. The van der Waals surface area contributed by atoms with E-state index in [-0.39, 0.29) is 30.0 Å². The third kappa shape index (κ3) is 6.84. The zero-order valence-corrected chi connectivity index (χ0v) is 14.0. The molecule has 114 valence electrons. The maximum atomic E-state index is 7.24. The predicted molar refractivity (Wildman–Crippen MR) is 93.3 cm³/mol. The molecule has 0 radical (unpaired) electrons. The molecule has 0 saturated carbocycles. The molecule has 3 N–H and O–H groups in total. The van der Waals surface area contributed by atoms with Crippen molar-refractivity contribution in [2.75, 3.05) is 13.1 Å². The van der Waals surface area contributed by atoms with Gasteiger partial charge in [-0.1, -0.05) is 42.4 Å². The van der Waals surface area contributed by atoms with E-state index < -0.39 is 0 Å². The van der Waals surface area contributed by atoms with Crippen molar-refractivity contribution >= 4 is 41.7 Å². The lowest BCUT2D eigenvalue weighted by atomic mass is 10.1. The maximum Gasteiger partial charge on any atom is 0.151 e. The number of nitrogens with one attached hydrogen (secondary N) is 1. The van der Waals surface area contributed by atoms with Crippen LogP contribution in [0.3, 0.4) is 0 Å². The van der Waals surface area contributed by atoms with Crippen LogP contribution in [0, 0.1) is 5.41 Å². The first-order valence-electron chi connectivity index (χ1n) is 6.51. The Morgan fingerprint density at radius 2 is 1.80 bits per heavy atom. The fourth-order valence-corrected chi connectivity index (χ4v) is 2.86. The molecular weight excluding hydrogens is 313 g/mol. The van der Waals surface area contributed by atoms with E-state index in [0.717, 1.165) is 12.3 Å². The quantitative estimate of drug-likeness (QED) is 0.652. The summed E-state index contributed by atoms with van der Waals surface area (Å²) in [5.74, 6) is 0.795. The highest BCUT2D eigenvalue weighted by Crippen LogP contribution is 2.16. The molecule has 3 nitrogen and oxygen atoms in total. The minimum atomic E-state index is 0. The van der Waals surface area contributed by atoms with Crippen molar-refractivity contribution in [3.8, 4) is 0 Å². The molecule has 1 aliphatic rings. The van der Waals surface area contributed by atoms with Crippen molar-refractivity contribution in [1.82, 2.24) is 4.90 Å². The molecule has 1 saturated heterocycles. The van der Waals surface area contributed by atoms with Gasteiger partial charge in [-0.25, -0.2) is 0 Å². The van der Waals surface area contributed by atoms with Crippen molar-refractivity contribution in [1.29, 1.82) is 5.41 Å². The predicted octanol–water partition coefficient (Wildman–Crippen LogP) is 3.64. The third-order valence-corrected chi connectivity index (χ3v) is 4.03. The van der Waals surface area contributed by atoms with Crippen LogP contribution in [0.25, 0.3) is 0 Å². The molecule has 1 fully saturated rings. The largest absolute Gasteiger partial charge is 0.379 e. The molecule has 0 aliphatic carbocycles. The summed E-state index contributed by atoms with van der Waals surface area (Å²) >= 11 is 1.39. The number of hydrogen-bond donors (Lipinski definition) is 2. The van der Waals surface area contributed by atoms with Gasteiger partial charge in [0, 0.05) is 12.3 Å². The average Bonchev–Trinajstić information content (AvgIpc) is 2.38. The van der Waals surface area contributed by atoms with Crippen molar-refractivity contribution in [2.24, 2.45) is 5.73 Å². The monoisotopic (exact) mass is 335 g/mol. The Kier molecular flexibility index (Phi) is 10.1. The Bertz CT molecular complexity index is 409. The summed E-state index contributed by atoms with van der Waals surface area (Å²) in [7, 11) is 0. The Morgan fingerprint density at radius 1 is 1.15 bits per heavy atom. The van der Waals surface area contributed by atoms with Gasteiger partial charge in [0.2, 0.25) is 0 Å². The molecule has 6 heteroatoms. The minimum absolute atomic E-state index is 0. The first-order chi connectivity index (χ1) is 8.74. The first-order valence-corrected chi connectivity index (χ1v) is 7.49. The number of benzene rings is 1. The second kappa shape index (κ2) is 10.3. The van der Waals surface area contributed by atoms with Gasteiger partial charge in [-0.2, -0.15) is 0 Å². The maximum absolute atomic E-state index is 7.24. The second-order valence-electron chi connectivity index (χ2n) is 4.81. The van der Waals surface area contributed by atoms with Crippen LogP contribution in [0.15, 0.2) is 24.3 Å². The molecule has 0 spiro atoms. The molecule has 1 heterocycles. The summed E-state index contributed by atoms with van der Waals surface area (Å²) in [5, 5.41) is 7.43. The molecule has 20 heavy (non-hydrogen) atoms. The van der Waals surface area contributed by atoms with Gasteiger partial charge in [0.15, 0.2) is 5.17 Å². The number of rotatable bonds is 4. The van der Waals surface area contributed by atoms with E-state index in [2.05, 4.69) is 29.2 Å². The lowest BCUT2D eigenvalue weighted by Gasteiger charge is -2.26. The first kappa shape index (κ1) is 19.6. The summed E-state index contributed by atoms with van der Waals surface area (Å²) in [6, 6.07) is 8.64. The summed E-state index contributed by atoms with van der Waals surface area (Å²) in [5.41, 5.74) is 7.99. The molecule has 2 rings (SSSR count). The zero-order chi connectivity index (χ0) is 12.8. The fourth-order valence-electron chi connectivity index (χ4n) is 2.35. The van der Waals surface area contributed by atoms with E-state index in [9.17, 15) is 0 Å². The van der Waals surface area contributed by atoms with Crippen LogP contribution in [0.4, 0.5) is 0 Å². The summed E-state index contributed by atoms with van der Waals surface area (Å²) in [6.45, 7) is 3.51. The van der Waals surface area contributed by atoms with Gasteiger partial charge in [-0.3, -0.25) is 10.3 Å². The van der Waals surface area contributed by atoms with Gasteiger partial charge in [0.1, 0.15) is 0 Å². The van der Waals surface area contributed by atoms with Crippen LogP contribution in [-0.4, -0.2) is 23.2 Å². The van der Waals surface area contributed by atoms with Crippen LogP contribution in [0.5, 0.6) is 0 Å². The smallest absolute Gasteiger partial charge is 0.151 e. The van der Waals surface area contributed by atoms with Crippen LogP contribution in [0.2, 0.25) is 0 Å². The molecule has 1 aromatic carbocycles. The molecule has 0 unspecified atom stereocenters. The molecule has 0 atom stereocenters. The summed E-state index contributed by atoms with van der Waals surface area (Å²) < 4.78 is 0. The van der Waals surface area contributed by atoms with Crippen LogP contribution >= 0.6 is 36.6 Å². The Balaban J connectivity index is 0.00000180. The molecule has 0 amide bonds. The lowest BCUT2D eigenvalue weighted by molar-refractivity contribution is 0.221. The van der Waals surface area contributed by atoms with Gasteiger partial charge in [0.05, 0.1) is 0 Å². The Morgan fingerprint density at radius 3 is 2.45 bits per heavy atom. The Hall–Kier alpha value is -0.420. The van der Waals surface area contributed by atoms with Crippen molar-refractivity contribution in [2.45, 2.75) is 31.6 Å². The van der Waals surface area contributed by atoms with Crippen molar-refractivity contribution in [3.63, 3.8) is 0 Å². The molecule has 0 aromatic heterocycles. The van der Waals surface area contributed by atoms with E-state index in [1.54, 1.807) is 0 Å². The van der Waals surface area contributed by atoms with Gasteiger partial charge >= 0.3 is 0 Å². The number of likely N-dealkylation sites (tertiary alicyclic amines) is 1. The normalized spacial score (nSPS) is 15.0. The number of halogens is 2. The number of nitrogens with two attached hydrogens (primary N) is 1. The SMILES string of the molecule is Cl.Cl.N=C(N)SCc1cccc(CN2CCCCC2)c1. The highest BCUT2D eigenvalue weighted by atomic mass is 35.5. The van der Waals surface area contributed by atoms with Crippen molar-refractivity contribution < 1.29 is 0 Å². The van der Waals surface area contributed by atoms with Gasteiger partial charge in [-0.15, -0.1) is 24.8 Å². The highest BCUT2D eigenvalue weighted by molar-refractivity contribution is 8.13. The van der Waals surface area contributed by atoms with Crippen LogP contribution in [0.1, 0.15) is 30.4 Å². The fraction of sp³-hybridized carbons (Fsp3) is 0.500. The topological polar surface area (TPSA) is 53.1 Å². The van der Waals surface area contributed by atoms with Crippen LogP contribution < -0.4 is 5.73 Å². The Labute approximate surface area is 138 Å². The van der Waals surface area contributed by atoms with Gasteiger partial charge in [-0.05, 0) is 37.1 Å². The highest BCUT2D eigenvalue weighted by Gasteiger charge is 2.10. The third-order valence-electron chi connectivity index (χ3n) is 3.24. The number of amidine groups is 1. The van der Waals surface area contributed by atoms with Crippen LogP contribution in [-0.2, 0) is 12.3 Å². The number of piperidine rings is 1. The lowest BCUT2D eigenvalue weighted by Crippen LogP contribution is -2.29. The van der Waals surface area contributed by atoms with E-state index in [1.807, 2.05) is 0 Å². The zero-order valence-electron chi connectivity index (χ0n) is 11.5. The average molecular weight is 336 g/mol. The summed E-state index contributed by atoms with van der Waals surface area (Å²) in [4.78, 5) is 2.53. The number of nitrogens with zero attached hydrogens (tertiary/aromatic N) is 1. The number of hydrogen-bond acceptors (Lipinski definition) is 3. The van der Waals surface area contributed by atoms with Crippen molar-refractivity contribution in [3.05, 3.63) is 35.4 Å². The number of thioether (sulfide) groups is 1. The molecule has 1 aromatic rings. The van der Waals surface area contributed by atoms with E-state index in [1.165, 1.54) is 55.2 Å². The summed E-state index contributed by atoms with van der Waals surface area (Å²) in [6.07, 6.45) is 4.05. The van der Waals surface area contributed by atoms with E-state index in [4.69, 9.17) is 11.1 Å². The molecular formula is C14H23Cl2N3S.